The third-order valence-corrected chi connectivity index (χ3v) is 3.26. The zero-order chi connectivity index (χ0) is 10.7. The number of thiophene rings is 1. The normalized spacial score (nSPS) is 12.9. The third kappa shape index (κ3) is 2.05. The van der Waals surface area contributed by atoms with Gasteiger partial charge in [-0.2, -0.15) is 0 Å². The number of hydrogen-bond donors (Lipinski definition) is 1. The molecule has 5 nitrogen and oxygen atoms in total. The summed E-state index contributed by atoms with van der Waals surface area (Å²) >= 11 is 1.72. The standard InChI is InChI=1S/C9H13N5S/c1-7(8-4-3-5-15-8)14-9(6-10-2)11-12-13-14/h3-5,7,10H,6H2,1-2H3. The molecule has 2 rings (SSSR count). The Labute approximate surface area is 92.1 Å². The van der Waals surface area contributed by atoms with Crippen molar-refractivity contribution in [2.24, 2.45) is 0 Å². The van der Waals surface area contributed by atoms with E-state index in [9.17, 15) is 0 Å². The molecule has 0 aromatic carbocycles. The van der Waals surface area contributed by atoms with Gasteiger partial charge in [0, 0.05) is 4.88 Å². The van der Waals surface area contributed by atoms with Crippen molar-refractivity contribution in [1.82, 2.24) is 25.5 Å². The first-order chi connectivity index (χ1) is 7.33. The first kappa shape index (κ1) is 10.3. The van der Waals surface area contributed by atoms with Crippen molar-refractivity contribution in [1.29, 1.82) is 0 Å². The van der Waals surface area contributed by atoms with E-state index in [1.165, 1.54) is 4.88 Å². The summed E-state index contributed by atoms with van der Waals surface area (Å²) in [5.41, 5.74) is 0. The third-order valence-electron chi connectivity index (χ3n) is 2.22. The Bertz CT molecular complexity index is 408. The minimum atomic E-state index is 0.198. The van der Waals surface area contributed by atoms with Gasteiger partial charge in [0.1, 0.15) is 0 Å². The van der Waals surface area contributed by atoms with Gasteiger partial charge < -0.3 is 5.32 Å². The van der Waals surface area contributed by atoms with Gasteiger partial charge in [-0.25, -0.2) is 4.68 Å². The molecule has 0 bridgehead atoms. The molecule has 1 N–H and O–H groups in total. The topological polar surface area (TPSA) is 55.6 Å². The van der Waals surface area contributed by atoms with Crippen LogP contribution in [0.4, 0.5) is 0 Å². The van der Waals surface area contributed by atoms with E-state index in [0.29, 0.717) is 6.54 Å². The minimum Gasteiger partial charge on any atom is -0.313 e. The molecule has 0 radical (unpaired) electrons. The molecule has 1 atom stereocenters. The number of nitrogens with zero attached hydrogens (tertiary/aromatic N) is 4. The van der Waals surface area contributed by atoms with Crippen LogP contribution in [-0.4, -0.2) is 27.3 Å². The molecule has 15 heavy (non-hydrogen) atoms. The van der Waals surface area contributed by atoms with E-state index in [1.807, 2.05) is 17.8 Å². The molecule has 2 aromatic heterocycles. The Balaban J connectivity index is 2.25. The molecule has 1 unspecified atom stereocenters. The van der Waals surface area contributed by atoms with Crippen molar-refractivity contribution in [3.8, 4) is 0 Å². The van der Waals surface area contributed by atoms with Crippen molar-refractivity contribution in [3.63, 3.8) is 0 Å². The van der Waals surface area contributed by atoms with Crippen LogP contribution in [0.25, 0.3) is 0 Å². The van der Waals surface area contributed by atoms with Gasteiger partial charge >= 0.3 is 0 Å². The fraction of sp³-hybridized carbons (Fsp3) is 0.444. The highest BCUT2D eigenvalue weighted by Crippen LogP contribution is 2.22. The molecular weight excluding hydrogens is 210 g/mol. The lowest BCUT2D eigenvalue weighted by Gasteiger charge is -2.11. The van der Waals surface area contributed by atoms with Crippen LogP contribution in [0.3, 0.4) is 0 Å². The summed E-state index contributed by atoms with van der Waals surface area (Å²) in [6.07, 6.45) is 0. The van der Waals surface area contributed by atoms with Crippen molar-refractivity contribution < 1.29 is 0 Å². The zero-order valence-corrected chi connectivity index (χ0v) is 9.53. The molecule has 0 fully saturated rings. The highest BCUT2D eigenvalue weighted by atomic mass is 32.1. The van der Waals surface area contributed by atoms with Crippen LogP contribution >= 0.6 is 11.3 Å². The Morgan fingerprint density at radius 3 is 3.13 bits per heavy atom. The lowest BCUT2D eigenvalue weighted by atomic mass is 10.3. The molecule has 0 saturated heterocycles. The molecule has 0 aliphatic rings. The van der Waals surface area contributed by atoms with Gasteiger partial charge in [-0.3, -0.25) is 0 Å². The van der Waals surface area contributed by atoms with Gasteiger partial charge in [0.15, 0.2) is 5.82 Å². The molecule has 0 amide bonds. The number of nitrogens with one attached hydrogen (secondary N) is 1. The molecule has 80 valence electrons. The molecule has 2 aromatic rings. The maximum absolute atomic E-state index is 4.01. The number of hydrogen-bond acceptors (Lipinski definition) is 5. The summed E-state index contributed by atoms with van der Waals surface area (Å²) in [6, 6.07) is 4.34. The second kappa shape index (κ2) is 4.50. The summed E-state index contributed by atoms with van der Waals surface area (Å²) < 4.78 is 1.85. The van der Waals surface area contributed by atoms with E-state index in [0.717, 1.165) is 5.82 Å². The van der Waals surface area contributed by atoms with Crippen molar-refractivity contribution in [2.75, 3.05) is 7.05 Å². The van der Waals surface area contributed by atoms with Crippen molar-refractivity contribution in [3.05, 3.63) is 28.2 Å². The zero-order valence-electron chi connectivity index (χ0n) is 8.71. The van der Waals surface area contributed by atoms with Gasteiger partial charge in [-0.1, -0.05) is 6.07 Å². The largest absolute Gasteiger partial charge is 0.313 e. The van der Waals surface area contributed by atoms with Crippen molar-refractivity contribution >= 4 is 11.3 Å². The number of aromatic nitrogens is 4. The lowest BCUT2D eigenvalue weighted by molar-refractivity contribution is 0.519. The Kier molecular flexibility index (Phi) is 3.08. The summed E-state index contributed by atoms with van der Waals surface area (Å²) in [5.74, 6) is 0.860. The fourth-order valence-electron chi connectivity index (χ4n) is 1.44. The summed E-state index contributed by atoms with van der Waals surface area (Å²) in [7, 11) is 1.88. The second-order valence-corrected chi connectivity index (χ2v) is 4.24. The first-order valence-corrected chi connectivity index (χ1v) is 5.65. The van der Waals surface area contributed by atoms with Gasteiger partial charge in [-0.05, 0) is 35.8 Å². The van der Waals surface area contributed by atoms with Crippen LogP contribution in [0.5, 0.6) is 0 Å². The van der Waals surface area contributed by atoms with Crippen molar-refractivity contribution in [2.45, 2.75) is 19.5 Å². The molecule has 0 saturated carbocycles. The van der Waals surface area contributed by atoms with E-state index in [2.05, 4.69) is 39.2 Å². The van der Waals surface area contributed by atoms with E-state index >= 15 is 0 Å². The Morgan fingerprint density at radius 2 is 2.47 bits per heavy atom. The maximum Gasteiger partial charge on any atom is 0.165 e. The van der Waals surface area contributed by atoms with E-state index in [-0.39, 0.29) is 6.04 Å². The minimum absolute atomic E-state index is 0.198. The summed E-state index contributed by atoms with van der Waals surface area (Å²) in [4.78, 5) is 1.26. The highest BCUT2D eigenvalue weighted by molar-refractivity contribution is 7.10. The predicted octanol–water partition coefficient (Wildman–Crippen LogP) is 1.06. The Hall–Kier alpha value is -1.27. The molecule has 0 spiro atoms. The van der Waals surface area contributed by atoms with E-state index in [4.69, 9.17) is 0 Å². The van der Waals surface area contributed by atoms with Gasteiger partial charge in [0.05, 0.1) is 12.6 Å². The fourth-order valence-corrected chi connectivity index (χ4v) is 2.21. The van der Waals surface area contributed by atoms with Gasteiger partial charge in [-0.15, -0.1) is 16.4 Å². The van der Waals surface area contributed by atoms with Crippen LogP contribution in [0.1, 0.15) is 23.7 Å². The quantitative estimate of drug-likeness (QED) is 0.842. The molecular formula is C9H13N5S. The van der Waals surface area contributed by atoms with Crippen LogP contribution in [0.15, 0.2) is 17.5 Å². The van der Waals surface area contributed by atoms with Crippen LogP contribution in [0.2, 0.25) is 0 Å². The van der Waals surface area contributed by atoms with Gasteiger partial charge in [0.25, 0.3) is 0 Å². The smallest absolute Gasteiger partial charge is 0.165 e. The number of tetrazole rings is 1. The summed E-state index contributed by atoms with van der Waals surface area (Å²) in [5, 5.41) is 16.8. The first-order valence-electron chi connectivity index (χ1n) is 4.77. The van der Waals surface area contributed by atoms with Gasteiger partial charge in [0.2, 0.25) is 0 Å². The average molecular weight is 223 g/mol. The van der Waals surface area contributed by atoms with Crippen LogP contribution in [0, 0.1) is 0 Å². The van der Waals surface area contributed by atoms with E-state index in [1.54, 1.807) is 11.3 Å². The average Bonchev–Trinajstić information content (AvgIpc) is 2.87. The van der Waals surface area contributed by atoms with E-state index < -0.39 is 0 Å². The molecule has 0 aliphatic heterocycles. The molecule has 6 heteroatoms. The second-order valence-electron chi connectivity index (χ2n) is 3.26. The lowest BCUT2D eigenvalue weighted by Crippen LogP contribution is -2.16. The SMILES string of the molecule is CNCc1nnnn1C(C)c1cccs1. The van der Waals surface area contributed by atoms with Crippen LogP contribution in [-0.2, 0) is 6.54 Å². The summed E-state index contributed by atoms with van der Waals surface area (Å²) in [6.45, 7) is 2.78. The maximum atomic E-state index is 4.01. The predicted molar refractivity (Wildman–Crippen MR) is 58.7 cm³/mol. The number of rotatable bonds is 4. The monoisotopic (exact) mass is 223 g/mol. The van der Waals surface area contributed by atoms with Crippen LogP contribution < -0.4 is 5.32 Å². The molecule has 2 heterocycles. The Morgan fingerprint density at radius 1 is 1.60 bits per heavy atom. The highest BCUT2D eigenvalue weighted by Gasteiger charge is 2.14. The molecule has 0 aliphatic carbocycles.